The van der Waals surface area contributed by atoms with Crippen molar-refractivity contribution in [1.82, 2.24) is 65.3 Å². The minimum Gasteiger partial charge on any atom is -0.444 e. The van der Waals surface area contributed by atoms with Gasteiger partial charge in [-0.1, -0.05) is 261 Å². The number of piperidine rings is 1. The molecule has 4 N–H and O–H groups in total. The molecule has 7 aromatic carbocycles. The minimum atomic E-state index is -0.524. The van der Waals surface area contributed by atoms with Crippen LogP contribution in [-0.2, 0) is 56.5 Å². The van der Waals surface area contributed by atoms with Gasteiger partial charge in [-0.2, -0.15) is 20.4 Å². The molecular weight excluding hydrogens is 1750 g/mol. The summed E-state index contributed by atoms with van der Waals surface area (Å²) in [6.45, 7) is 18.1. The maximum absolute atomic E-state index is 14.0. The van der Waals surface area contributed by atoms with Crippen LogP contribution in [0.25, 0.3) is 0 Å². The molecule has 6 fully saturated rings. The molecule has 140 heavy (non-hydrogen) atoms. The fourth-order valence-corrected chi connectivity index (χ4v) is 25.0. The third-order valence-corrected chi connectivity index (χ3v) is 32.4. The van der Waals surface area contributed by atoms with Gasteiger partial charge in [0.25, 0.3) is 23.6 Å². The van der Waals surface area contributed by atoms with Gasteiger partial charge in [0, 0.05) is 95.1 Å². The highest BCUT2D eigenvalue weighted by atomic mass is 19.1. The molecule has 1 aliphatic heterocycles. The molecule has 11 aromatic rings. The first-order chi connectivity index (χ1) is 67.9. The van der Waals surface area contributed by atoms with E-state index in [9.17, 15) is 32.8 Å². The van der Waals surface area contributed by atoms with E-state index in [0.29, 0.717) is 85.7 Å². The molecule has 5 saturated carbocycles. The summed E-state index contributed by atoms with van der Waals surface area (Å²) in [4.78, 5) is 68.6. The van der Waals surface area contributed by atoms with Crippen LogP contribution < -0.4 is 21.3 Å². The lowest BCUT2D eigenvalue weighted by Crippen LogP contribution is -2.52. The Kier molecular flexibility index (Phi) is 31.5. The molecule has 21 rings (SSSR count). The molecular formula is C119H147F2N13O6. The zero-order chi connectivity index (χ0) is 97.0. The standard InChI is InChI=1S/C32H45FN4O3.C32H39N3O.C30H31N3O.C25H32FN3O/c1-32(2,3)40-31(39)36-18-16-25(17-19-36)34-30(38)28-27-15-8-7-11-23(20-22-10-9-12-24(33)21-22)29(27)37(35-28)26-13-5-4-6-14-26;1-31(2)24-18-19-32(3,20-24)30(31)33-29(36)27-26-17-11-10-16-25(23-14-8-5-9-15-23)28(26)35(34-27)21-22-12-6-4-7-13-22;1-22(24-15-7-3-8-16-24)31-30(34)28-27-20-12-11-19-26(25-17-9-4-10-18-25)29(27)33(32-28)21-23-13-5-2-6-14-23;26-19-12-10-18(11-13-19)21-8-4-5-9-22-23(25(30)27-20-14-15-20)28-29(24(21)22)16-17-6-2-1-3-7-17/h9-10,12,21,23,25-26H,4-8,11,13-20H2,1-3H3,(H,34,38);4-9,12-15,24-25,30H,10-11,16-21H2,1-3H3,(H,33,36);2-10,13-18,22,26H,11-12,19-21H2,1H3,(H,31,34);10-13,17,20-21H,1-9,14-16H2,(H,27,30)/t;24?,25?,30-,32?;22-,26?;/m.10./s1. The van der Waals surface area contributed by atoms with Gasteiger partial charge in [-0.25, -0.2) is 13.6 Å². The molecule has 19 nitrogen and oxygen atoms in total. The summed E-state index contributed by atoms with van der Waals surface area (Å²) in [5, 5.41) is 33.2. The Hall–Kier alpha value is -11.6. The molecule has 6 unspecified atom stereocenters. The quantitative estimate of drug-likeness (QED) is 0.0499. The van der Waals surface area contributed by atoms with Crippen LogP contribution in [0.4, 0.5) is 13.6 Å². The Morgan fingerprint density at radius 1 is 0.429 bits per heavy atom. The van der Waals surface area contributed by atoms with E-state index >= 15 is 0 Å². The van der Waals surface area contributed by atoms with Crippen molar-refractivity contribution in [3.8, 4) is 0 Å². The van der Waals surface area contributed by atoms with Crippen molar-refractivity contribution in [2.75, 3.05) is 13.1 Å². The zero-order valence-corrected chi connectivity index (χ0v) is 83.7. The van der Waals surface area contributed by atoms with Crippen LogP contribution in [0, 0.1) is 34.3 Å². The highest BCUT2D eigenvalue weighted by molar-refractivity contribution is 5.96. The summed E-state index contributed by atoms with van der Waals surface area (Å²) in [5.74, 6) is 1.66. The Balaban J connectivity index is 0.000000124. The minimum absolute atomic E-state index is 0.00380. The average Bonchev–Trinajstić information content (AvgIpc) is 1.56. The topological polar surface area (TPSA) is 217 Å². The molecule has 5 heterocycles. The number of fused-ring (bicyclic) bond motifs is 6. The van der Waals surface area contributed by atoms with Gasteiger partial charge in [0.2, 0.25) is 0 Å². The molecule has 1 saturated heterocycles. The Morgan fingerprint density at radius 2 is 0.864 bits per heavy atom. The van der Waals surface area contributed by atoms with Gasteiger partial charge in [-0.05, 0) is 268 Å². The highest BCUT2D eigenvalue weighted by Gasteiger charge is 2.60. The van der Waals surface area contributed by atoms with E-state index in [0.717, 1.165) is 175 Å². The molecule has 4 aromatic heterocycles. The van der Waals surface area contributed by atoms with Crippen molar-refractivity contribution < 1.29 is 37.5 Å². The number of nitrogens with one attached hydrogen (secondary N) is 4. The van der Waals surface area contributed by atoms with Crippen LogP contribution in [0.15, 0.2) is 200 Å². The maximum atomic E-state index is 14.0. The Morgan fingerprint density at radius 3 is 1.36 bits per heavy atom. The number of carbonyl (C=O) groups excluding carboxylic acids is 5. The van der Waals surface area contributed by atoms with Crippen molar-refractivity contribution in [3.63, 3.8) is 0 Å². The summed E-state index contributed by atoms with van der Waals surface area (Å²) < 4.78 is 41.8. The molecule has 8 atom stereocenters. The molecule has 2 bridgehead atoms. The summed E-state index contributed by atoms with van der Waals surface area (Å²) in [5.41, 5.74) is 19.9. The first-order valence-electron chi connectivity index (χ1n) is 53.3. The van der Waals surface area contributed by atoms with Crippen molar-refractivity contribution in [2.24, 2.45) is 22.7 Å². The van der Waals surface area contributed by atoms with Crippen molar-refractivity contribution >= 4 is 29.7 Å². The molecule has 0 radical (unpaired) electrons. The number of halogens is 2. The van der Waals surface area contributed by atoms with E-state index in [2.05, 4.69) is 176 Å². The molecule has 21 heteroatoms. The number of hydrogen-bond donors (Lipinski definition) is 4. The number of benzene rings is 7. The first-order valence-corrected chi connectivity index (χ1v) is 53.3. The predicted molar refractivity (Wildman–Crippen MR) is 548 cm³/mol. The molecule has 10 aliphatic rings. The van der Waals surface area contributed by atoms with Crippen molar-refractivity contribution in [1.29, 1.82) is 0 Å². The molecule has 0 spiro atoms. The van der Waals surface area contributed by atoms with Gasteiger partial charge in [0.1, 0.15) is 17.2 Å². The monoisotopic (exact) mass is 1890 g/mol. The van der Waals surface area contributed by atoms with Gasteiger partial charge in [-0.15, -0.1) is 0 Å². The Labute approximate surface area is 827 Å². The second-order valence-electron chi connectivity index (χ2n) is 44.0. The van der Waals surface area contributed by atoms with E-state index in [-0.39, 0.29) is 94.0 Å². The Bertz CT molecular complexity index is 6020. The van der Waals surface area contributed by atoms with E-state index in [4.69, 9.17) is 25.1 Å². The van der Waals surface area contributed by atoms with Crippen LogP contribution >= 0.6 is 0 Å². The third-order valence-electron chi connectivity index (χ3n) is 32.4. The fourth-order valence-electron chi connectivity index (χ4n) is 25.0. The molecule has 9 aliphatic carbocycles. The lowest BCUT2D eigenvalue weighted by atomic mass is 9.68. The van der Waals surface area contributed by atoms with Crippen LogP contribution in [0.5, 0.6) is 0 Å². The first kappa shape index (κ1) is 98.6. The summed E-state index contributed by atoms with van der Waals surface area (Å²) in [6, 6.07) is 67.1. The normalized spacial score (nSPS) is 22.1. The van der Waals surface area contributed by atoms with Gasteiger partial charge in [0.05, 0.1) is 36.6 Å². The van der Waals surface area contributed by atoms with Gasteiger partial charge in [-0.3, -0.25) is 37.9 Å². The average molecular weight is 1890 g/mol. The molecule has 5 amide bonds. The second-order valence-corrected chi connectivity index (χ2v) is 44.0. The largest absolute Gasteiger partial charge is 0.444 e. The number of amides is 5. The van der Waals surface area contributed by atoms with Crippen LogP contribution in [-0.4, -0.2) is 111 Å². The highest BCUT2D eigenvalue weighted by Crippen LogP contribution is 2.62. The smallest absolute Gasteiger partial charge is 0.410 e. The van der Waals surface area contributed by atoms with Gasteiger partial charge >= 0.3 is 6.09 Å². The number of hydrogen-bond acceptors (Lipinski definition) is 10. The fraction of sp³-hybridized carbons (Fsp3) is 0.504. The summed E-state index contributed by atoms with van der Waals surface area (Å²) >= 11 is 0. The number of ether oxygens (including phenoxy) is 1. The van der Waals surface area contributed by atoms with E-state index in [1.807, 2.05) is 82.3 Å². The number of carbonyl (C=O) groups is 5. The van der Waals surface area contributed by atoms with Gasteiger partial charge < -0.3 is 30.9 Å². The van der Waals surface area contributed by atoms with Crippen LogP contribution in [0.2, 0.25) is 0 Å². The predicted octanol–water partition coefficient (Wildman–Crippen LogP) is 25.1. The van der Waals surface area contributed by atoms with Gasteiger partial charge in [0.15, 0.2) is 22.8 Å². The van der Waals surface area contributed by atoms with E-state index in [1.165, 1.54) is 127 Å². The number of likely N-dealkylation sites (tertiary alicyclic amines) is 1. The maximum Gasteiger partial charge on any atom is 0.410 e. The number of aromatic nitrogens is 8. The number of nitrogens with zero attached hydrogens (tertiary/aromatic N) is 9. The SMILES string of the molecule is CC(C)(C)OC(=O)N1CCC(NC(=O)c2nn(C3CCCCC3)c3c2CCCCC3Cc2cccc(F)c2)CC1.CC12CCC(C1)C(C)(C)[C@H]2NC(=O)c1nn(Cc2ccccc2)c2c1CCCCC2c1ccccc1.C[C@H](NC(=O)c1nn(Cc2ccccc2)c2c1CCCCC2c1ccccc1)c1ccccc1.O=C(NC1CC1)c1nn(CC2CCCCC2)c2c1CCCCC2c1ccc(F)cc1. The summed E-state index contributed by atoms with van der Waals surface area (Å²) in [7, 11) is 0. The van der Waals surface area contributed by atoms with E-state index in [1.54, 1.807) is 29.2 Å². The summed E-state index contributed by atoms with van der Waals surface area (Å²) in [6.07, 6.45) is 36.5. The zero-order valence-electron chi connectivity index (χ0n) is 83.7. The molecule has 738 valence electrons. The van der Waals surface area contributed by atoms with Crippen molar-refractivity contribution in [2.45, 2.75) is 346 Å². The van der Waals surface area contributed by atoms with E-state index < -0.39 is 5.60 Å². The van der Waals surface area contributed by atoms with Crippen molar-refractivity contribution in [3.05, 3.63) is 319 Å². The lowest BCUT2D eigenvalue weighted by Gasteiger charge is -2.43. The van der Waals surface area contributed by atoms with Crippen LogP contribution in [0.1, 0.15) is 396 Å². The van der Waals surface area contributed by atoms with Crippen LogP contribution in [0.3, 0.4) is 0 Å². The third kappa shape index (κ3) is 23.4. The second kappa shape index (κ2) is 44.7. The lowest BCUT2D eigenvalue weighted by molar-refractivity contribution is 0.0199. The number of rotatable bonds is 21.